The zero-order valence-electron chi connectivity index (χ0n) is 9.21. The lowest BCUT2D eigenvalue weighted by Gasteiger charge is -2.03. The van der Waals surface area contributed by atoms with Crippen LogP contribution in [0.2, 0.25) is 4.34 Å². The predicted octanol–water partition coefficient (Wildman–Crippen LogP) is 1.60. The van der Waals surface area contributed by atoms with E-state index in [1.165, 1.54) is 0 Å². The average molecular weight is 283 g/mol. The van der Waals surface area contributed by atoms with Crippen molar-refractivity contribution in [3.63, 3.8) is 0 Å². The van der Waals surface area contributed by atoms with Crippen LogP contribution < -0.4 is 10.0 Å². The fraction of sp³-hybridized carbons (Fsp3) is 0.556. The second-order valence-electron chi connectivity index (χ2n) is 3.38. The van der Waals surface area contributed by atoms with Gasteiger partial charge in [0.25, 0.3) is 0 Å². The summed E-state index contributed by atoms with van der Waals surface area (Å²) in [5, 5.41) is 2.95. The maximum absolute atomic E-state index is 11.8. The van der Waals surface area contributed by atoms with E-state index in [9.17, 15) is 8.42 Å². The second-order valence-corrected chi connectivity index (χ2v) is 7.03. The van der Waals surface area contributed by atoms with E-state index in [1.807, 2.05) is 7.05 Å². The topological polar surface area (TPSA) is 58.2 Å². The van der Waals surface area contributed by atoms with Crippen molar-refractivity contribution in [2.45, 2.75) is 17.6 Å². The quantitative estimate of drug-likeness (QED) is 0.779. The van der Waals surface area contributed by atoms with Crippen LogP contribution in [0, 0.1) is 6.92 Å². The van der Waals surface area contributed by atoms with Crippen molar-refractivity contribution in [2.24, 2.45) is 0 Å². The highest BCUT2D eigenvalue weighted by molar-refractivity contribution is 7.91. The Labute approximate surface area is 105 Å². The van der Waals surface area contributed by atoms with Gasteiger partial charge in [-0.05, 0) is 38.6 Å². The molecule has 4 nitrogen and oxygen atoms in total. The molecule has 1 aromatic heterocycles. The van der Waals surface area contributed by atoms with Crippen molar-refractivity contribution in [3.05, 3.63) is 16.0 Å². The van der Waals surface area contributed by atoms with Crippen molar-refractivity contribution in [2.75, 3.05) is 20.1 Å². The summed E-state index contributed by atoms with van der Waals surface area (Å²) < 4.78 is 26.9. The minimum atomic E-state index is -3.39. The molecule has 0 aromatic carbocycles. The third-order valence-electron chi connectivity index (χ3n) is 2.00. The van der Waals surface area contributed by atoms with Gasteiger partial charge in [-0.3, -0.25) is 0 Å². The molecule has 0 saturated carbocycles. The number of hydrogen-bond donors (Lipinski definition) is 2. The number of aryl methyl sites for hydroxylation is 1. The van der Waals surface area contributed by atoms with Crippen LogP contribution >= 0.6 is 22.9 Å². The van der Waals surface area contributed by atoms with Crippen LogP contribution in [0.3, 0.4) is 0 Å². The molecule has 0 amide bonds. The zero-order valence-corrected chi connectivity index (χ0v) is 11.6. The Bertz CT molecular complexity index is 423. The summed E-state index contributed by atoms with van der Waals surface area (Å²) in [4.78, 5) is 0. The van der Waals surface area contributed by atoms with Gasteiger partial charge in [0.1, 0.15) is 4.21 Å². The van der Waals surface area contributed by atoms with Gasteiger partial charge in [0.2, 0.25) is 10.0 Å². The van der Waals surface area contributed by atoms with Crippen molar-refractivity contribution in [1.29, 1.82) is 0 Å². The monoisotopic (exact) mass is 282 g/mol. The first-order chi connectivity index (χ1) is 7.47. The maximum atomic E-state index is 11.8. The first-order valence-electron chi connectivity index (χ1n) is 4.87. The molecule has 0 unspecified atom stereocenters. The molecule has 1 heterocycles. The molecule has 0 fully saturated rings. The van der Waals surface area contributed by atoms with Crippen LogP contribution in [0.4, 0.5) is 0 Å². The van der Waals surface area contributed by atoms with Crippen LogP contribution in [0.15, 0.2) is 10.3 Å². The minimum Gasteiger partial charge on any atom is -0.320 e. The molecule has 0 aliphatic heterocycles. The SMILES string of the molecule is CNCCCNS(=O)(=O)c1cc(C)c(Cl)s1. The van der Waals surface area contributed by atoms with Crippen molar-refractivity contribution >= 4 is 33.0 Å². The number of thiophene rings is 1. The van der Waals surface area contributed by atoms with Crippen LogP contribution in [0.1, 0.15) is 12.0 Å². The van der Waals surface area contributed by atoms with E-state index >= 15 is 0 Å². The van der Waals surface area contributed by atoms with E-state index in [0.717, 1.165) is 29.9 Å². The van der Waals surface area contributed by atoms with Crippen LogP contribution in [0.5, 0.6) is 0 Å². The molecule has 1 aromatic rings. The molecule has 16 heavy (non-hydrogen) atoms. The molecule has 0 bridgehead atoms. The number of nitrogens with one attached hydrogen (secondary N) is 2. The standard InChI is InChI=1S/C9H15ClN2O2S2/c1-7-6-8(15-9(7)10)16(13,14)12-5-3-4-11-2/h6,11-12H,3-5H2,1-2H3. The van der Waals surface area contributed by atoms with Crippen molar-refractivity contribution < 1.29 is 8.42 Å². The third-order valence-corrected chi connectivity index (χ3v) is 5.48. The van der Waals surface area contributed by atoms with Crippen molar-refractivity contribution in [1.82, 2.24) is 10.0 Å². The summed E-state index contributed by atoms with van der Waals surface area (Å²) in [6, 6.07) is 1.59. The third kappa shape index (κ3) is 3.71. The highest BCUT2D eigenvalue weighted by atomic mass is 35.5. The first-order valence-corrected chi connectivity index (χ1v) is 7.55. The number of halogens is 1. The molecule has 0 radical (unpaired) electrons. The van der Waals surface area contributed by atoms with E-state index < -0.39 is 10.0 Å². The Hall–Kier alpha value is -0.140. The van der Waals surface area contributed by atoms with Gasteiger partial charge in [-0.15, -0.1) is 11.3 Å². The Morgan fingerprint density at radius 1 is 1.44 bits per heavy atom. The van der Waals surface area contributed by atoms with Gasteiger partial charge < -0.3 is 5.32 Å². The van der Waals surface area contributed by atoms with E-state index in [0.29, 0.717) is 10.9 Å². The lowest BCUT2D eigenvalue weighted by molar-refractivity contribution is 0.579. The molecule has 92 valence electrons. The zero-order chi connectivity index (χ0) is 12.2. The lowest BCUT2D eigenvalue weighted by Crippen LogP contribution is -2.26. The van der Waals surface area contributed by atoms with Gasteiger partial charge in [0.05, 0.1) is 4.34 Å². The molecular weight excluding hydrogens is 268 g/mol. The molecule has 0 saturated heterocycles. The number of hydrogen-bond acceptors (Lipinski definition) is 4. The smallest absolute Gasteiger partial charge is 0.250 e. The summed E-state index contributed by atoms with van der Waals surface area (Å²) in [5.41, 5.74) is 0.794. The normalized spacial score (nSPS) is 11.9. The average Bonchev–Trinajstić information content (AvgIpc) is 2.55. The van der Waals surface area contributed by atoms with Gasteiger partial charge in [-0.2, -0.15) is 0 Å². The fourth-order valence-electron chi connectivity index (χ4n) is 1.11. The molecular formula is C9H15ClN2O2S2. The van der Waals surface area contributed by atoms with Crippen LogP contribution in [0.25, 0.3) is 0 Å². The summed E-state index contributed by atoms with van der Waals surface area (Å²) in [5.74, 6) is 0. The van der Waals surface area contributed by atoms with E-state index in [1.54, 1.807) is 13.0 Å². The predicted molar refractivity (Wildman–Crippen MR) is 67.8 cm³/mol. The summed E-state index contributed by atoms with van der Waals surface area (Å²) >= 11 is 6.92. The van der Waals surface area contributed by atoms with Gasteiger partial charge in [0.15, 0.2) is 0 Å². The summed E-state index contributed by atoms with van der Waals surface area (Å²) in [6.07, 6.45) is 0.758. The Balaban J connectivity index is 2.64. The molecule has 0 aliphatic carbocycles. The largest absolute Gasteiger partial charge is 0.320 e. The van der Waals surface area contributed by atoms with Gasteiger partial charge >= 0.3 is 0 Å². The first kappa shape index (κ1) is 13.9. The molecule has 0 spiro atoms. The molecule has 2 N–H and O–H groups in total. The highest BCUT2D eigenvalue weighted by Gasteiger charge is 2.17. The summed E-state index contributed by atoms with van der Waals surface area (Å²) in [7, 11) is -1.56. The molecule has 7 heteroatoms. The second kappa shape index (κ2) is 5.97. The van der Waals surface area contributed by atoms with Gasteiger partial charge in [-0.1, -0.05) is 11.6 Å². The van der Waals surface area contributed by atoms with E-state index in [2.05, 4.69) is 10.0 Å². The number of sulfonamides is 1. The van der Waals surface area contributed by atoms with E-state index in [4.69, 9.17) is 11.6 Å². The summed E-state index contributed by atoms with van der Waals surface area (Å²) in [6.45, 7) is 3.00. The van der Waals surface area contributed by atoms with Gasteiger partial charge in [0, 0.05) is 6.54 Å². The lowest BCUT2D eigenvalue weighted by atomic mass is 10.4. The molecule has 1 rings (SSSR count). The maximum Gasteiger partial charge on any atom is 0.250 e. The number of rotatable bonds is 6. The van der Waals surface area contributed by atoms with Crippen LogP contribution in [-0.4, -0.2) is 28.6 Å². The Morgan fingerprint density at radius 2 is 2.12 bits per heavy atom. The van der Waals surface area contributed by atoms with Crippen LogP contribution in [-0.2, 0) is 10.0 Å². The fourth-order valence-corrected chi connectivity index (χ4v) is 3.93. The van der Waals surface area contributed by atoms with Crippen molar-refractivity contribution in [3.8, 4) is 0 Å². The minimum absolute atomic E-state index is 0.277. The highest BCUT2D eigenvalue weighted by Crippen LogP contribution is 2.29. The van der Waals surface area contributed by atoms with Gasteiger partial charge in [-0.25, -0.2) is 13.1 Å². The Morgan fingerprint density at radius 3 is 2.62 bits per heavy atom. The molecule has 0 aliphatic rings. The molecule has 0 atom stereocenters. The van der Waals surface area contributed by atoms with E-state index in [-0.39, 0.29) is 4.21 Å². The Kier molecular flexibility index (Phi) is 5.20.